The number of hydrogen-bond donors (Lipinski definition) is 1. The molecule has 0 aliphatic carbocycles. The molecule has 2 aromatic heterocycles. The number of fused-ring (bicyclic) bond motifs is 1. The molecule has 8 heteroatoms. The van der Waals surface area contributed by atoms with E-state index >= 15 is 0 Å². The third-order valence-electron chi connectivity index (χ3n) is 3.87. The van der Waals surface area contributed by atoms with Gasteiger partial charge in [-0.2, -0.15) is 0 Å². The van der Waals surface area contributed by atoms with Gasteiger partial charge in [-0.25, -0.2) is 18.7 Å². The number of rotatable bonds is 5. The van der Waals surface area contributed by atoms with E-state index in [4.69, 9.17) is 4.42 Å². The van der Waals surface area contributed by atoms with Crippen LogP contribution in [0.4, 0.5) is 13.9 Å². The number of aromatic nitrogens is 2. The molecular formula is C19H13F2N3O2S. The van der Waals surface area contributed by atoms with Crippen molar-refractivity contribution in [2.24, 2.45) is 0 Å². The van der Waals surface area contributed by atoms with E-state index in [0.717, 1.165) is 22.3 Å². The van der Waals surface area contributed by atoms with Crippen LogP contribution in [-0.4, -0.2) is 15.9 Å². The van der Waals surface area contributed by atoms with Crippen molar-refractivity contribution in [1.82, 2.24) is 9.97 Å². The maximum atomic E-state index is 13.8. The molecule has 0 atom stereocenters. The highest BCUT2D eigenvalue weighted by molar-refractivity contribution is 7.22. The van der Waals surface area contributed by atoms with Gasteiger partial charge in [0.2, 0.25) is 5.91 Å². The van der Waals surface area contributed by atoms with E-state index in [-0.39, 0.29) is 36.0 Å². The van der Waals surface area contributed by atoms with E-state index in [1.54, 1.807) is 0 Å². The standard InChI is InChI=1S/C19H13F2N3O2S/c20-11-4-3-5-12(21)18(11)14-10-22-17(26-14)9-8-16(25)24-19-23-13-6-1-2-7-15(13)27-19/h1-7,10H,8-9H2,(H,23,24,25). The number of carbonyl (C=O) groups excluding carboxylic acids is 1. The molecule has 4 aromatic rings. The van der Waals surface area contributed by atoms with Gasteiger partial charge in [0.1, 0.15) is 11.6 Å². The Balaban J connectivity index is 1.40. The van der Waals surface area contributed by atoms with Crippen molar-refractivity contribution in [2.75, 3.05) is 5.32 Å². The van der Waals surface area contributed by atoms with Gasteiger partial charge in [0.25, 0.3) is 0 Å². The van der Waals surface area contributed by atoms with Crippen LogP contribution in [0.3, 0.4) is 0 Å². The molecule has 0 saturated heterocycles. The lowest BCUT2D eigenvalue weighted by Gasteiger charge is -2.01. The van der Waals surface area contributed by atoms with Gasteiger partial charge in [-0.1, -0.05) is 29.5 Å². The maximum absolute atomic E-state index is 13.8. The van der Waals surface area contributed by atoms with Gasteiger partial charge in [0, 0.05) is 12.8 Å². The first-order valence-electron chi connectivity index (χ1n) is 8.14. The monoisotopic (exact) mass is 385 g/mol. The number of oxazole rings is 1. The van der Waals surface area contributed by atoms with Crippen molar-refractivity contribution in [1.29, 1.82) is 0 Å². The highest BCUT2D eigenvalue weighted by Gasteiger charge is 2.16. The lowest BCUT2D eigenvalue weighted by Crippen LogP contribution is -2.12. The highest BCUT2D eigenvalue weighted by atomic mass is 32.1. The van der Waals surface area contributed by atoms with Gasteiger partial charge in [-0.05, 0) is 24.3 Å². The van der Waals surface area contributed by atoms with Crippen LogP contribution in [0.1, 0.15) is 12.3 Å². The Morgan fingerprint density at radius 2 is 1.89 bits per heavy atom. The number of thiazole rings is 1. The summed E-state index contributed by atoms with van der Waals surface area (Å²) < 4.78 is 34.0. The molecule has 0 aliphatic rings. The zero-order chi connectivity index (χ0) is 18.8. The molecule has 0 fully saturated rings. The number of benzene rings is 2. The smallest absolute Gasteiger partial charge is 0.226 e. The lowest BCUT2D eigenvalue weighted by atomic mass is 10.1. The molecule has 2 aromatic carbocycles. The summed E-state index contributed by atoms with van der Waals surface area (Å²) in [5.41, 5.74) is 0.553. The second kappa shape index (κ2) is 7.24. The van der Waals surface area contributed by atoms with Crippen molar-refractivity contribution in [3.8, 4) is 11.3 Å². The highest BCUT2D eigenvalue weighted by Crippen LogP contribution is 2.27. The van der Waals surface area contributed by atoms with Crippen LogP contribution >= 0.6 is 11.3 Å². The van der Waals surface area contributed by atoms with Crippen LogP contribution in [0.15, 0.2) is 53.1 Å². The number of anilines is 1. The zero-order valence-corrected chi connectivity index (χ0v) is 14.7. The fourth-order valence-electron chi connectivity index (χ4n) is 2.60. The molecular weight excluding hydrogens is 372 g/mol. The third-order valence-corrected chi connectivity index (χ3v) is 4.82. The Bertz CT molecular complexity index is 1070. The van der Waals surface area contributed by atoms with Crippen molar-refractivity contribution in [3.05, 3.63) is 66.2 Å². The minimum Gasteiger partial charge on any atom is -0.441 e. The van der Waals surface area contributed by atoms with Gasteiger partial charge in [0.15, 0.2) is 16.8 Å². The summed E-state index contributed by atoms with van der Waals surface area (Å²) in [6.45, 7) is 0. The molecule has 0 spiro atoms. The first-order chi connectivity index (χ1) is 13.1. The van der Waals surface area contributed by atoms with Crippen LogP contribution in [0.2, 0.25) is 0 Å². The predicted molar refractivity (Wildman–Crippen MR) is 98.4 cm³/mol. The minimum atomic E-state index is -0.730. The Hall–Kier alpha value is -3.13. The first kappa shape index (κ1) is 17.3. The van der Waals surface area contributed by atoms with Crippen molar-refractivity contribution in [3.63, 3.8) is 0 Å². The van der Waals surface area contributed by atoms with Crippen LogP contribution in [0, 0.1) is 11.6 Å². The van der Waals surface area contributed by atoms with E-state index in [2.05, 4.69) is 15.3 Å². The van der Waals surface area contributed by atoms with Gasteiger partial charge < -0.3 is 9.73 Å². The second-order valence-electron chi connectivity index (χ2n) is 5.75. The topological polar surface area (TPSA) is 68.0 Å². The summed E-state index contributed by atoms with van der Waals surface area (Å²) in [4.78, 5) is 20.4. The zero-order valence-electron chi connectivity index (χ0n) is 13.9. The normalized spacial score (nSPS) is 11.0. The molecule has 0 radical (unpaired) electrons. The van der Waals surface area contributed by atoms with Crippen LogP contribution in [-0.2, 0) is 11.2 Å². The van der Waals surface area contributed by atoms with E-state index in [0.29, 0.717) is 5.13 Å². The SMILES string of the molecule is O=C(CCc1ncc(-c2c(F)cccc2F)o1)Nc1nc2ccccc2s1. The Morgan fingerprint density at radius 1 is 1.11 bits per heavy atom. The molecule has 0 bridgehead atoms. The maximum Gasteiger partial charge on any atom is 0.226 e. The van der Waals surface area contributed by atoms with Crippen molar-refractivity contribution < 1.29 is 18.0 Å². The molecule has 136 valence electrons. The number of amides is 1. The van der Waals surface area contributed by atoms with Crippen LogP contribution in [0.5, 0.6) is 0 Å². The lowest BCUT2D eigenvalue weighted by molar-refractivity contribution is -0.116. The average Bonchev–Trinajstić information content (AvgIpc) is 3.26. The van der Waals surface area contributed by atoms with Crippen molar-refractivity contribution in [2.45, 2.75) is 12.8 Å². The molecule has 1 amide bonds. The Labute approximate surface area is 156 Å². The van der Waals surface area contributed by atoms with Gasteiger partial charge in [-0.3, -0.25) is 4.79 Å². The molecule has 0 aliphatic heterocycles. The summed E-state index contributed by atoms with van der Waals surface area (Å²) in [5, 5.41) is 3.25. The number of halogens is 2. The number of aryl methyl sites for hydroxylation is 1. The van der Waals surface area contributed by atoms with E-state index in [1.165, 1.54) is 23.6 Å². The Morgan fingerprint density at radius 3 is 2.67 bits per heavy atom. The molecule has 27 heavy (non-hydrogen) atoms. The summed E-state index contributed by atoms with van der Waals surface area (Å²) >= 11 is 1.39. The second-order valence-corrected chi connectivity index (χ2v) is 6.78. The van der Waals surface area contributed by atoms with Gasteiger partial charge in [-0.15, -0.1) is 0 Å². The van der Waals surface area contributed by atoms with E-state index in [9.17, 15) is 13.6 Å². The summed E-state index contributed by atoms with van der Waals surface area (Å²) in [5.74, 6) is -1.48. The van der Waals surface area contributed by atoms with Gasteiger partial charge in [0.05, 0.1) is 22.0 Å². The average molecular weight is 385 g/mol. The quantitative estimate of drug-likeness (QED) is 0.536. The van der Waals surface area contributed by atoms with E-state index < -0.39 is 11.6 Å². The third kappa shape index (κ3) is 3.70. The van der Waals surface area contributed by atoms with Crippen molar-refractivity contribution >= 4 is 32.6 Å². The molecule has 1 N–H and O–H groups in total. The molecule has 0 unspecified atom stereocenters. The number of nitrogens with zero attached hydrogens (tertiary/aromatic N) is 2. The molecule has 5 nitrogen and oxygen atoms in total. The molecule has 4 rings (SSSR count). The number of carbonyl (C=O) groups is 1. The fourth-order valence-corrected chi connectivity index (χ4v) is 3.48. The number of hydrogen-bond acceptors (Lipinski definition) is 5. The fraction of sp³-hybridized carbons (Fsp3) is 0.105. The van der Waals surface area contributed by atoms with Crippen LogP contribution < -0.4 is 5.32 Å². The summed E-state index contributed by atoms with van der Waals surface area (Å²) in [6, 6.07) is 11.2. The van der Waals surface area contributed by atoms with E-state index in [1.807, 2.05) is 24.3 Å². The van der Waals surface area contributed by atoms with Crippen LogP contribution in [0.25, 0.3) is 21.5 Å². The molecule has 2 heterocycles. The Kier molecular flexibility index (Phi) is 4.64. The largest absolute Gasteiger partial charge is 0.441 e. The predicted octanol–water partition coefficient (Wildman–Crippen LogP) is 4.80. The van der Waals surface area contributed by atoms with Gasteiger partial charge >= 0.3 is 0 Å². The summed E-state index contributed by atoms with van der Waals surface area (Å²) in [6.07, 6.45) is 1.56. The number of nitrogens with one attached hydrogen (secondary N) is 1. The summed E-state index contributed by atoms with van der Waals surface area (Å²) in [7, 11) is 0. The first-order valence-corrected chi connectivity index (χ1v) is 8.96. The molecule has 0 saturated carbocycles. The number of para-hydroxylation sites is 1. The minimum absolute atomic E-state index is 0.00724.